The van der Waals surface area contributed by atoms with Gasteiger partial charge < -0.3 is 10.5 Å². The summed E-state index contributed by atoms with van der Waals surface area (Å²) in [5.74, 6) is 4.99. The van der Waals surface area contributed by atoms with E-state index in [1.165, 1.54) is 4.31 Å². The first kappa shape index (κ1) is 16.1. The highest BCUT2D eigenvalue weighted by atomic mass is 32.2. The number of nitro groups is 1. The first-order chi connectivity index (χ1) is 9.77. The molecule has 2 atom stereocenters. The minimum Gasteiger partial charge on any atom is -0.393 e. The summed E-state index contributed by atoms with van der Waals surface area (Å²) < 4.78 is 26.1. The zero-order valence-corrected chi connectivity index (χ0v) is 12.9. The van der Waals surface area contributed by atoms with Crippen molar-refractivity contribution >= 4 is 32.0 Å². The van der Waals surface area contributed by atoms with Crippen LogP contribution in [0.25, 0.3) is 0 Å². The van der Waals surface area contributed by atoms with Crippen molar-refractivity contribution in [3.63, 3.8) is 0 Å². The first-order valence-corrected chi connectivity index (χ1v) is 8.46. The average Bonchev–Trinajstić information content (AvgIpc) is 2.86. The summed E-state index contributed by atoms with van der Waals surface area (Å²) in [6.07, 6.45) is -0.189. The Balaban J connectivity index is 2.34. The maximum Gasteiger partial charge on any atom is 0.306 e. The summed E-state index contributed by atoms with van der Waals surface area (Å²) in [5.41, 5.74) is 1.77. The summed E-state index contributed by atoms with van der Waals surface area (Å²) in [7, 11) is -3.82. The summed E-state index contributed by atoms with van der Waals surface area (Å²) in [5, 5.41) is 20.5. The van der Waals surface area contributed by atoms with Gasteiger partial charge in [0.2, 0.25) is 0 Å². The van der Waals surface area contributed by atoms with Gasteiger partial charge in [0, 0.05) is 19.2 Å². The van der Waals surface area contributed by atoms with Gasteiger partial charge in [0.25, 0.3) is 10.0 Å². The van der Waals surface area contributed by atoms with Crippen molar-refractivity contribution < 1.29 is 18.4 Å². The molecular weight excluding hydrogens is 320 g/mol. The zero-order chi connectivity index (χ0) is 15.8. The van der Waals surface area contributed by atoms with Crippen LogP contribution in [0, 0.1) is 16.0 Å². The zero-order valence-electron chi connectivity index (χ0n) is 11.2. The van der Waals surface area contributed by atoms with E-state index in [-0.39, 0.29) is 33.9 Å². The third-order valence-corrected chi connectivity index (χ3v) is 6.80. The Morgan fingerprint density at radius 1 is 1.62 bits per heavy atom. The maximum atomic E-state index is 12.5. The molecule has 2 heterocycles. The number of anilines is 1. The minimum atomic E-state index is -3.82. The predicted octanol–water partition coefficient (Wildman–Crippen LogP) is 0.333. The highest BCUT2D eigenvalue weighted by molar-refractivity contribution is 7.91. The third-order valence-electron chi connectivity index (χ3n) is 3.43. The van der Waals surface area contributed by atoms with Gasteiger partial charge in [-0.2, -0.15) is 4.31 Å². The molecule has 1 fully saturated rings. The quantitative estimate of drug-likeness (QED) is 0.409. The van der Waals surface area contributed by atoms with Crippen LogP contribution in [0.15, 0.2) is 10.3 Å². The average molecular weight is 336 g/mol. The largest absolute Gasteiger partial charge is 0.393 e. The third kappa shape index (κ3) is 3.01. The van der Waals surface area contributed by atoms with Gasteiger partial charge in [0.15, 0.2) is 5.00 Å². The fourth-order valence-electron chi connectivity index (χ4n) is 2.17. The van der Waals surface area contributed by atoms with Crippen molar-refractivity contribution in [1.29, 1.82) is 0 Å². The molecule has 1 aliphatic rings. The first-order valence-electron chi connectivity index (χ1n) is 6.20. The van der Waals surface area contributed by atoms with Gasteiger partial charge in [-0.05, 0) is 12.3 Å². The van der Waals surface area contributed by atoms with Crippen LogP contribution in [-0.4, -0.2) is 41.9 Å². The lowest BCUT2D eigenvalue weighted by Crippen LogP contribution is -2.44. The molecule has 0 spiro atoms. The van der Waals surface area contributed by atoms with Crippen LogP contribution in [0.5, 0.6) is 0 Å². The Labute approximate surface area is 125 Å². The fraction of sp³-hybridized carbons (Fsp3) is 0.600. The van der Waals surface area contributed by atoms with Crippen molar-refractivity contribution in [3.8, 4) is 0 Å². The molecule has 21 heavy (non-hydrogen) atoms. The molecule has 2 rings (SSSR count). The molecule has 0 amide bonds. The summed E-state index contributed by atoms with van der Waals surface area (Å²) in [6.45, 7) is 2.13. The second-order valence-corrected chi connectivity index (χ2v) is 8.09. The van der Waals surface area contributed by atoms with Gasteiger partial charge in [-0.1, -0.05) is 18.3 Å². The lowest BCUT2D eigenvalue weighted by Gasteiger charge is -2.33. The number of sulfonamides is 1. The number of rotatable bonds is 4. The number of hydrogen-bond donors (Lipinski definition) is 3. The Bertz CT molecular complexity index is 644. The lowest BCUT2D eigenvalue weighted by atomic mass is 9.99. The molecule has 1 aromatic rings. The lowest BCUT2D eigenvalue weighted by molar-refractivity contribution is -0.383. The van der Waals surface area contributed by atoms with E-state index in [0.717, 1.165) is 17.4 Å². The van der Waals surface area contributed by atoms with Crippen LogP contribution in [-0.2, 0) is 10.0 Å². The summed E-state index contributed by atoms with van der Waals surface area (Å²) in [4.78, 5) is 10.2. The highest BCUT2D eigenvalue weighted by Gasteiger charge is 2.35. The van der Waals surface area contributed by atoms with E-state index >= 15 is 0 Å². The van der Waals surface area contributed by atoms with Crippen molar-refractivity contribution in [2.75, 3.05) is 18.5 Å². The number of nitrogens with two attached hydrogens (primary N) is 1. The van der Waals surface area contributed by atoms with Gasteiger partial charge >= 0.3 is 5.69 Å². The van der Waals surface area contributed by atoms with Crippen LogP contribution >= 0.6 is 11.3 Å². The Morgan fingerprint density at radius 3 is 2.76 bits per heavy atom. The van der Waals surface area contributed by atoms with E-state index in [4.69, 9.17) is 5.84 Å². The van der Waals surface area contributed by atoms with Crippen LogP contribution in [0.4, 0.5) is 10.7 Å². The van der Waals surface area contributed by atoms with E-state index in [1.54, 1.807) is 6.92 Å². The second kappa shape index (κ2) is 5.85. The second-order valence-electron chi connectivity index (χ2n) is 4.88. The summed E-state index contributed by atoms with van der Waals surface area (Å²) >= 11 is 0.721. The van der Waals surface area contributed by atoms with Crippen molar-refractivity contribution in [2.24, 2.45) is 11.8 Å². The number of nitrogen functional groups attached to an aromatic ring is 1. The number of aliphatic hydroxyl groups excluding tert-OH is 1. The molecule has 0 aromatic carbocycles. The van der Waals surface area contributed by atoms with Crippen LogP contribution < -0.4 is 11.3 Å². The summed E-state index contributed by atoms with van der Waals surface area (Å²) in [6, 6.07) is 1.00. The van der Waals surface area contributed by atoms with Gasteiger partial charge in [-0.15, -0.1) is 0 Å². The molecular formula is C10H16N4O5S2. The number of hydrazine groups is 1. The monoisotopic (exact) mass is 336 g/mol. The van der Waals surface area contributed by atoms with E-state index in [9.17, 15) is 23.6 Å². The Hall–Kier alpha value is -1.27. The van der Waals surface area contributed by atoms with E-state index in [0.29, 0.717) is 6.42 Å². The molecule has 9 nitrogen and oxygen atoms in total. The topological polar surface area (TPSA) is 139 Å². The van der Waals surface area contributed by atoms with Crippen molar-refractivity contribution in [3.05, 3.63) is 16.2 Å². The Morgan fingerprint density at radius 2 is 2.29 bits per heavy atom. The molecule has 0 saturated carbocycles. The molecule has 118 valence electrons. The maximum absolute atomic E-state index is 12.5. The number of piperidine rings is 1. The van der Waals surface area contributed by atoms with Gasteiger partial charge in [-0.3, -0.25) is 10.1 Å². The van der Waals surface area contributed by atoms with E-state index in [2.05, 4.69) is 5.43 Å². The predicted molar refractivity (Wildman–Crippen MR) is 77.3 cm³/mol. The molecule has 11 heteroatoms. The highest BCUT2D eigenvalue weighted by Crippen LogP contribution is 2.38. The number of thiophene rings is 1. The number of nitrogens with zero attached hydrogens (tertiary/aromatic N) is 2. The van der Waals surface area contributed by atoms with E-state index in [1.807, 2.05) is 0 Å². The minimum absolute atomic E-state index is 0.0105. The van der Waals surface area contributed by atoms with Crippen LogP contribution in [0.3, 0.4) is 0 Å². The fourth-order valence-corrected chi connectivity index (χ4v) is 5.11. The van der Waals surface area contributed by atoms with E-state index < -0.39 is 21.1 Å². The molecule has 0 bridgehead atoms. The van der Waals surface area contributed by atoms with Crippen molar-refractivity contribution in [1.82, 2.24) is 4.31 Å². The molecule has 0 radical (unpaired) electrons. The smallest absolute Gasteiger partial charge is 0.306 e. The van der Waals surface area contributed by atoms with Crippen LogP contribution in [0.1, 0.15) is 13.3 Å². The van der Waals surface area contributed by atoms with Crippen LogP contribution in [0.2, 0.25) is 0 Å². The molecule has 1 aromatic heterocycles. The van der Waals surface area contributed by atoms with Gasteiger partial charge in [0.1, 0.15) is 4.21 Å². The number of hydrogen-bond acceptors (Lipinski definition) is 8. The molecule has 1 saturated heterocycles. The number of aliphatic hydroxyl groups is 1. The number of nitrogens with one attached hydrogen (secondary N) is 1. The van der Waals surface area contributed by atoms with Gasteiger partial charge in [0.05, 0.1) is 11.0 Å². The molecule has 2 unspecified atom stereocenters. The van der Waals surface area contributed by atoms with Gasteiger partial charge in [-0.25, -0.2) is 14.3 Å². The molecule has 4 N–H and O–H groups in total. The molecule has 0 aliphatic carbocycles. The molecule has 1 aliphatic heterocycles. The SMILES string of the molecule is CC1CN(S(=O)(=O)c2cc([N+](=O)[O-])c(NN)s2)CCC1O. The normalized spacial score (nSPS) is 24.0. The standard InChI is InChI=1S/C10H16N4O5S2/c1-6-5-13(3-2-8(6)15)21(18,19)9-4-7(14(16)17)10(12-11)20-9/h4,6,8,12,15H,2-3,5,11H2,1H3. The Kier molecular flexibility index (Phi) is 4.49. The van der Waals surface area contributed by atoms with Crippen molar-refractivity contribution in [2.45, 2.75) is 23.7 Å².